The van der Waals surface area contributed by atoms with Crippen LogP contribution in [0, 0.1) is 5.92 Å². The van der Waals surface area contributed by atoms with Crippen LogP contribution < -0.4 is 10.6 Å². The smallest absolute Gasteiger partial charge is 0.225 e. The molecule has 1 amide bonds. The van der Waals surface area contributed by atoms with Gasteiger partial charge in [-0.2, -0.15) is 0 Å². The number of hydrogen-bond donors (Lipinski definition) is 2. The molecule has 2 aliphatic heterocycles. The summed E-state index contributed by atoms with van der Waals surface area (Å²) in [4.78, 5) is 19.0. The first-order valence-corrected chi connectivity index (χ1v) is 12.2. The van der Waals surface area contributed by atoms with E-state index in [4.69, 9.17) is 14.5 Å². The van der Waals surface area contributed by atoms with E-state index >= 15 is 0 Å². The highest BCUT2D eigenvalue weighted by Gasteiger charge is 2.24. The summed E-state index contributed by atoms with van der Waals surface area (Å²) < 4.78 is 11.5. The van der Waals surface area contributed by atoms with Crippen LogP contribution in [0.15, 0.2) is 29.3 Å². The number of carbonyl (C=O) groups is 1. The fourth-order valence-electron chi connectivity index (χ4n) is 4.17. The largest absolute Gasteiger partial charge is 0.381 e. The SMILES string of the molecule is CCNC(=NCc1cccc(COC2CCOCC2)c1)NC1CCN(C(=O)C(C)C)CC1. The minimum Gasteiger partial charge on any atom is -0.381 e. The average Bonchev–Trinajstić information content (AvgIpc) is 2.82. The minimum atomic E-state index is 0.0660. The predicted octanol–water partition coefficient (Wildman–Crippen LogP) is 3.08. The van der Waals surface area contributed by atoms with Crippen LogP contribution in [0.4, 0.5) is 0 Å². The first-order valence-electron chi connectivity index (χ1n) is 12.2. The topological polar surface area (TPSA) is 75.2 Å². The zero-order chi connectivity index (χ0) is 22.8. The van der Waals surface area contributed by atoms with Crippen LogP contribution in [0.5, 0.6) is 0 Å². The Morgan fingerprint density at radius 2 is 1.91 bits per heavy atom. The third-order valence-electron chi connectivity index (χ3n) is 6.05. The summed E-state index contributed by atoms with van der Waals surface area (Å²) in [5, 5.41) is 6.92. The predicted molar refractivity (Wildman–Crippen MR) is 127 cm³/mol. The van der Waals surface area contributed by atoms with E-state index < -0.39 is 0 Å². The lowest BCUT2D eigenvalue weighted by Crippen LogP contribution is -2.50. The molecule has 178 valence electrons. The zero-order valence-electron chi connectivity index (χ0n) is 19.9. The molecule has 0 atom stereocenters. The standard InChI is InChI=1S/C25H40N4O3/c1-4-26-25(28-22-8-12-29(13-9-22)24(30)19(2)3)27-17-20-6-5-7-21(16-20)18-32-23-10-14-31-15-11-23/h5-7,16,19,22-23H,4,8-15,17-18H2,1-3H3,(H2,26,27,28). The number of ether oxygens (including phenoxy) is 2. The third-order valence-corrected chi connectivity index (χ3v) is 6.05. The molecule has 0 saturated carbocycles. The van der Waals surface area contributed by atoms with E-state index in [9.17, 15) is 4.79 Å². The molecule has 32 heavy (non-hydrogen) atoms. The van der Waals surface area contributed by atoms with Gasteiger partial charge in [0, 0.05) is 44.8 Å². The van der Waals surface area contributed by atoms with Crippen molar-refractivity contribution in [3.63, 3.8) is 0 Å². The third kappa shape index (κ3) is 7.78. The molecule has 0 bridgehead atoms. The van der Waals surface area contributed by atoms with Crippen LogP contribution in [0.1, 0.15) is 57.6 Å². The molecule has 0 radical (unpaired) electrons. The molecular weight excluding hydrogens is 404 g/mol. The fraction of sp³-hybridized carbons (Fsp3) is 0.680. The summed E-state index contributed by atoms with van der Waals surface area (Å²) in [7, 11) is 0. The van der Waals surface area contributed by atoms with Gasteiger partial charge < -0.3 is 25.0 Å². The number of amides is 1. The van der Waals surface area contributed by atoms with Crippen molar-refractivity contribution < 1.29 is 14.3 Å². The molecule has 7 nitrogen and oxygen atoms in total. The molecule has 2 aliphatic rings. The van der Waals surface area contributed by atoms with Gasteiger partial charge in [-0.25, -0.2) is 4.99 Å². The molecule has 2 N–H and O–H groups in total. The molecule has 2 fully saturated rings. The number of guanidine groups is 1. The van der Waals surface area contributed by atoms with Crippen molar-refractivity contribution in [3.8, 4) is 0 Å². The van der Waals surface area contributed by atoms with Crippen molar-refractivity contribution in [3.05, 3.63) is 35.4 Å². The number of nitrogens with zero attached hydrogens (tertiary/aromatic N) is 2. The zero-order valence-corrected chi connectivity index (χ0v) is 19.9. The normalized spacial score (nSPS) is 18.8. The van der Waals surface area contributed by atoms with Gasteiger partial charge in [0.15, 0.2) is 5.96 Å². The lowest BCUT2D eigenvalue weighted by molar-refractivity contribution is -0.135. The molecule has 2 heterocycles. The lowest BCUT2D eigenvalue weighted by atomic mass is 10.0. The Kier molecular flexibility index (Phi) is 9.81. The second kappa shape index (κ2) is 12.8. The summed E-state index contributed by atoms with van der Waals surface area (Å²) in [6.45, 7) is 11.3. The van der Waals surface area contributed by atoms with Gasteiger partial charge in [-0.3, -0.25) is 4.79 Å². The maximum absolute atomic E-state index is 12.2. The molecule has 0 aromatic heterocycles. The number of piperidine rings is 1. The highest BCUT2D eigenvalue weighted by Crippen LogP contribution is 2.15. The first-order chi connectivity index (χ1) is 15.5. The highest BCUT2D eigenvalue weighted by atomic mass is 16.5. The van der Waals surface area contributed by atoms with Gasteiger partial charge in [-0.15, -0.1) is 0 Å². The average molecular weight is 445 g/mol. The van der Waals surface area contributed by atoms with E-state index in [2.05, 4.69) is 41.8 Å². The van der Waals surface area contributed by atoms with E-state index in [-0.39, 0.29) is 11.8 Å². The molecule has 1 aromatic rings. The Labute approximate surface area is 192 Å². The number of nitrogens with one attached hydrogen (secondary N) is 2. The van der Waals surface area contributed by atoms with Gasteiger partial charge in [-0.05, 0) is 43.7 Å². The molecule has 2 saturated heterocycles. The summed E-state index contributed by atoms with van der Waals surface area (Å²) in [6.07, 6.45) is 4.15. The Morgan fingerprint density at radius 1 is 1.19 bits per heavy atom. The minimum absolute atomic E-state index is 0.0660. The van der Waals surface area contributed by atoms with E-state index in [0.717, 1.165) is 64.5 Å². The molecule has 0 spiro atoms. The summed E-state index contributed by atoms with van der Waals surface area (Å²) in [6, 6.07) is 8.82. The van der Waals surface area contributed by atoms with Crippen LogP contribution in [0.25, 0.3) is 0 Å². The summed E-state index contributed by atoms with van der Waals surface area (Å²) >= 11 is 0. The number of carbonyl (C=O) groups excluding carboxylic acids is 1. The molecule has 1 aromatic carbocycles. The van der Waals surface area contributed by atoms with Crippen molar-refractivity contribution in [1.82, 2.24) is 15.5 Å². The van der Waals surface area contributed by atoms with Gasteiger partial charge >= 0.3 is 0 Å². The van der Waals surface area contributed by atoms with Crippen molar-refractivity contribution in [2.45, 2.75) is 71.8 Å². The van der Waals surface area contributed by atoms with Gasteiger partial charge in [0.05, 0.1) is 19.3 Å². The van der Waals surface area contributed by atoms with Gasteiger partial charge in [-0.1, -0.05) is 38.1 Å². The second-order valence-electron chi connectivity index (χ2n) is 9.04. The quantitative estimate of drug-likeness (QED) is 0.476. The van der Waals surface area contributed by atoms with E-state index in [0.29, 0.717) is 25.3 Å². The van der Waals surface area contributed by atoms with E-state index in [1.807, 2.05) is 18.7 Å². The van der Waals surface area contributed by atoms with Crippen LogP contribution >= 0.6 is 0 Å². The Balaban J connectivity index is 1.49. The van der Waals surface area contributed by atoms with Crippen LogP contribution in [-0.4, -0.2) is 61.8 Å². The first kappa shape index (κ1) is 24.5. The highest BCUT2D eigenvalue weighted by molar-refractivity contribution is 5.80. The van der Waals surface area contributed by atoms with E-state index in [1.54, 1.807) is 0 Å². The number of aliphatic imine (C=N–C) groups is 1. The molecule has 3 rings (SSSR count). The summed E-state index contributed by atoms with van der Waals surface area (Å²) in [5.41, 5.74) is 2.36. The van der Waals surface area contributed by atoms with E-state index in [1.165, 1.54) is 11.1 Å². The van der Waals surface area contributed by atoms with Crippen molar-refractivity contribution in [1.29, 1.82) is 0 Å². The Morgan fingerprint density at radius 3 is 2.59 bits per heavy atom. The number of benzene rings is 1. The molecule has 7 heteroatoms. The van der Waals surface area contributed by atoms with Gasteiger partial charge in [0.2, 0.25) is 5.91 Å². The van der Waals surface area contributed by atoms with Crippen molar-refractivity contribution >= 4 is 11.9 Å². The lowest BCUT2D eigenvalue weighted by Gasteiger charge is -2.34. The maximum Gasteiger partial charge on any atom is 0.225 e. The number of hydrogen-bond acceptors (Lipinski definition) is 4. The maximum atomic E-state index is 12.2. The van der Waals surface area contributed by atoms with Crippen LogP contribution in [-0.2, 0) is 27.4 Å². The van der Waals surface area contributed by atoms with Crippen LogP contribution in [0.3, 0.4) is 0 Å². The van der Waals surface area contributed by atoms with Crippen LogP contribution in [0.2, 0.25) is 0 Å². The fourth-order valence-corrected chi connectivity index (χ4v) is 4.17. The van der Waals surface area contributed by atoms with Crippen molar-refractivity contribution in [2.24, 2.45) is 10.9 Å². The second-order valence-corrected chi connectivity index (χ2v) is 9.04. The van der Waals surface area contributed by atoms with Crippen molar-refractivity contribution in [2.75, 3.05) is 32.8 Å². The molecule has 0 aliphatic carbocycles. The van der Waals surface area contributed by atoms with Gasteiger partial charge in [0.25, 0.3) is 0 Å². The Bertz CT molecular complexity index is 738. The number of likely N-dealkylation sites (tertiary alicyclic amines) is 1. The molecule has 0 unspecified atom stereocenters. The van der Waals surface area contributed by atoms with Gasteiger partial charge in [0.1, 0.15) is 0 Å². The summed E-state index contributed by atoms with van der Waals surface area (Å²) in [5.74, 6) is 1.16. The Hall–Kier alpha value is -2.12. The number of rotatable bonds is 8. The monoisotopic (exact) mass is 444 g/mol. The molecular formula is C25H40N4O3.